The van der Waals surface area contributed by atoms with E-state index in [-0.39, 0.29) is 35.9 Å². The van der Waals surface area contributed by atoms with E-state index in [1.165, 1.54) is 23.9 Å². The largest absolute Gasteiger partial charge is 0.336 e. The topological polar surface area (TPSA) is 154 Å². The molecular weight excluding hydrogens is 467 g/mol. The number of imidazole rings is 1. The number of halogens is 1. The first-order valence-electron chi connectivity index (χ1n) is 11.1. The lowest BCUT2D eigenvalue weighted by Gasteiger charge is -2.16. The van der Waals surface area contributed by atoms with Crippen LogP contribution in [0.25, 0.3) is 11.2 Å². The molecule has 3 aromatic heterocycles. The molecule has 0 aliphatic carbocycles. The third-order valence-electron chi connectivity index (χ3n) is 5.77. The van der Waals surface area contributed by atoms with E-state index in [4.69, 9.17) is 0 Å². The number of anilines is 1. The van der Waals surface area contributed by atoms with Gasteiger partial charge >= 0.3 is 5.69 Å². The fourth-order valence-electron chi connectivity index (χ4n) is 4.09. The number of carbonyl (C=O) groups excluding carboxylic acids is 1. The number of aromatic amines is 3. The van der Waals surface area contributed by atoms with Crippen molar-refractivity contribution in [3.8, 4) is 0 Å². The minimum atomic E-state index is -0.646. The summed E-state index contributed by atoms with van der Waals surface area (Å²) in [7, 11) is 0. The highest BCUT2D eigenvalue weighted by atomic mass is 19.1. The lowest BCUT2D eigenvalue weighted by atomic mass is 9.91. The first-order valence-corrected chi connectivity index (χ1v) is 11.1. The SMILES string of the molecule is CC(=O)Nc1ccc(C(Cc2ccccc2F)c2nc3c([nH]2)c(=O)[nH]c(=O)n3Cc2ncn[nH]2)cc1. The molecule has 5 aromatic rings. The summed E-state index contributed by atoms with van der Waals surface area (Å²) in [5, 5.41) is 9.18. The van der Waals surface area contributed by atoms with Crippen molar-refractivity contribution in [1.82, 2.24) is 34.7 Å². The quantitative estimate of drug-likeness (QED) is 0.275. The zero-order valence-corrected chi connectivity index (χ0v) is 19.1. The van der Waals surface area contributed by atoms with Gasteiger partial charge in [-0.1, -0.05) is 30.3 Å². The average molecular weight is 488 g/mol. The molecule has 0 saturated carbocycles. The number of benzene rings is 2. The van der Waals surface area contributed by atoms with Crippen molar-refractivity contribution < 1.29 is 9.18 Å². The van der Waals surface area contributed by atoms with E-state index in [0.717, 1.165) is 5.56 Å². The molecule has 0 bridgehead atoms. The molecule has 1 unspecified atom stereocenters. The van der Waals surface area contributed by atoms with E-state index in [0.29, 0.717) is 22.9 Å². The fraction of sp³-hybridized carbons (Fsp3) is 0.167. The van der Waals surface area contributed by atoms with Crippen LogP contribution in [0.4, 0.5) is 10.1 Å². The number of H-pyrrole nitrogens is 3. The monoisotopic (exact) mass is 488 g/mol. The van der Waals surface area contributed by atoms with Crippen LogP contribution in [0.1, 0.15) is 35.6 Å². The summed E-state index contributed by atoms with van der Waals surface area (Å²) in [5.41, 5.74) is 0.827. The number of hydrogen-bond donors (Lipinski definition) is 4. The highest BCUT2D eigenvalue weighted by Gasteiger charge is 2.23. The average Bonchev–Trinajstić information content (AvgIpc) is 3.52. The van der Waals surface area contributed by atoms with Gasteiger partial charge in [0, 0.05) is 18.5 Å². The van der Waals surface area contributed by atoms with Crippen molar-refractivity contribution in [2.45, 2.75) is 25.8 Å². The third-order valence-corrected chi connectivity index (χ3v) is 5.77. The van der Waals surface area contributed by atoms with E-state index in [2.05, 4.69) is 35.5 Å². The maximum Gasteiger partial charge on any atom is 0.330 e. The number of fused-ring (bicyclic) bond motifs is 1. The summed E-state index contributed by atoms with van der Waals surface area (Å²) in [5.74, 6) is -0.274. The van der Waals surface area contributed by atoms with Crippen LogP contribution in [0.15, 0.2) is 64.4 Å². The molecule has 4 N–H and O–H groups in total. The van der Waals surface area contributed by atoms with Gasteiger partial charge < -0.3 is 10.3 Å². The summed E-state index contributed by atoms with van der Waals surface area (Å²) < 4.78 is 15.9. The zero-order chi connectivity index (χ0) is 25.2. The van der Waals surface area contributed by atoms with Crippen molar-refractivity contribution in [2.75, 3.05) is 5.32 Å². The van der Waals surface area contributed by atoms with E-state index in [9.17, 15) is 18.8 Å². The summed E-state index contributed by atoms with van der Waals surface area (Å²) in [6.45, 7) is 1.43. The molecule has 11 nitrogen and oxygen atoms in total. The fourth-order valence-corrected chi connectivity index (χ4v) is 4.09. The Hall–Kier alpha value is -4.87. The first-order chi connectivity index (χ1) is 17.4. The molecule has 3 heterocycles. The normalized spacial score (nSPS) is 12.1. The molecule has 12 heteroatoms. The second-order valence-electron chi connectivity index (χ2n) is 8.25. The van der Waals surface area contributed by atoms with Crippen LogP contribution in [0, 0.1) is 5.82 Å². The number of amides is 1. The van der Waals surface area contributed by atoms with E-state index >= 15 is 0 Å². The molecule has 0 fully saturated rings. The molecule has 182 valence electrons. The minimum Gasteiger partial charge on any atom is -0.336 e. The third kappa shape index (κ3) is 4.56. The number of rotatable bonds is 7. The van der Waals surface area contributed by atoms with Gasteiger partial charge in [-0.05, 0) is 35.7 Å². The van der Waals surface area contributed by atoms with Gasteiger partial charge in [0.1, 0.15) is 29.3 Å². The van der Waals surface area contributed by atoms with Crippen LogP contribution >= 0.6 is 0 Å². The van der Waals surface area contributed by atoms with Crippen molar-refractivity contribution >= 4 is 22.8 Å². The predicted molar refractivity (Wildman–Crippen MR) is 129 cm³/mol. The van der Waals surface area contributed by atoms with Crippen LogP contribution in [0.2, 0.25) is 0 Å². The van der Waals surface area contributed by atoms with E-state index < -0.39 is 17.2 Å². The van der Waals surface area contributed by atoms with Crippen LogP contribution in [-0.4, -0.2) is 40.6 Å². The number of aromatic nitrogens is 7. The maximum absolute atomic E-state index is 14.6. The summed E-state index contributed by atoms with van der Waals surface area (Å²) in [4.78, 5) is 50.6. The van der Waals surface area contributed by atoms with E-state index in [1.807, 2.05) is 0 Å². The lowest BCUT2D eigenvalue weighted by Crippen LogP contribution is -2.31. The number of carbonyl (C=O) groups is 1. The van der Waals surface area contributed by atoms with Crippen molar-refractivity contribution in [1.29, 1.82) is 0 Å². The number of hydrogen-bond acceptors (Lipinski definition) is 6. The second kappa shape index (κ2) is 9.41. The Morgan fingerprint density at radius 2 is 1.89 bits per heavy atom. The minimum absolute atomic E-state index is 0.0137. The zero-order valence-electron chi connectivity index (χ0n) is 19.1. The molecule has 5 rings (SSSR count). The molecule has 2 aromatic carbocycles. The van der Waals surface area contributed by atoms with Gasteiger partial charge in [-0.25, -0.2) is 19.2 Å². The van der Waals surface area contributed by atoms with Gasteiger partial charge in [-0.15, -0.1) is 0 Å². The molecule has 0 saturated heterocycles. The summed E-state index contributed by atoms with van der Waals surface area (Å²) >= 11 is 0. The lowest BCUT2D eigenvalue weighted by molar-refractivity contribution is -0.114. The Labute approximate surface area is 202 Å². The molecule has 0 radical (unpaired) electrons. The molecule has 0 aliphatic heterocycles. The number of nitrogens with zero attached hydrogens (tertiary/aromatic N) is 4. The van der Waals surface area contributed by atoms with Crippen molar-refractivity contribution in [3.05, 3.63) is 104 Å². The van der Waals surface area contributed by atoms with Gasteiger partial charge in [0.15, 0.2) is 5.65 Å². The van der Waals surface area contributed by atoms with Gasteiger partial charge in [-0.3, -0.25) is 24.2 Å². The molecule has 0 aliphatic rings. The van der Waals surface area contributed by atoms with Gasteiger partial charge in [-0.2, -0.15) is 5.10 Å². The first kappa shape index (κ1) is 22.9. The molecule has 1 atom stereocenters. The van der Waals surface area contributed by atoms with Crippen LogP contribution in [0.3, 0.4) is 0 Å². The van der Waals surface area contributed by atoms with Crippen LogP contribution in [-0.2, 0) is 17.8 Å². The predicted octanol–water partition coefficient (Wildman–Crippen LogP) is 2.05. The van der Waals surface area contributed by atoms with Gasteiger partial charge in [0.2, 0.25) is 5.91 Å². The van der Waals surface area contributed by atoms with E-state index in [1.54, 1.807) is 42.5 Å². The van der Waals surface area contributed by atoms with Crippen molar-refractivity contribution in [2.24, 2.45) is 0 Å². The Morgan fingerprint density at radius 3 is 2.58 bits per heavy atom. The summed E-state index contributed by atoms with van der Waals surface area (Å²) in [6.07, 6.45) is 1.55. The molecule has 1 amide bonds. The second-order valence-corrected chi connectivity index (χ2v) is 8.25. The van der Waals surface area contributed by atoms with Crippen LogP contribution in [0.5, 0.6) is 0 Å². The Kier molecular flexibility index (Phi) is 5.98. The molecular formula is C24H21FN8O3. The number of nitrogens with one attached hydrogen (secondary N) is 4. The standard InChI is InChI=1S/C24H21FN8O3/c1-13(34)28-16-8-6-14(7-9-16)17(10-15-4-2-3-5-18(15)25)21-29-20-22(30-21)33(24(36)31-23(20)35)11-19-26-12-27-32-19/h2-9,12,17H,10-11H2,1H3,(H,28,34)(H,29,30)(H,26,27,32)(H,31,35,36). The Bertz CT molecular complexity index is 1650. The highest BCUT2D eigenvalue weighted by molar-refractivity contribution is 5.88. The Balaban J connectivity index is 1.63. The highest BCUT2D eigenvalue weighted by Crippen LogP contribution is 2.29. The smallest absolute Gasteiger partial charge is 0.330 e. The molecule has 36 heavy (non-hydrogen) atoms. The van der Waals surface area contributed by atoms with Crippen molar-refractivity contribution in [3.63, 3.8) is 0 Å². The van der Waals surface area contributed by atoms with Gasteiger partial charge in [0.05, 0.1) is 6.54 Å². The Morgan fingerprint density at radius 1 is 1.11 bits per heavy atom. The maximum atomic E-state index is 14.6. The van der Waals surface area contributed by atoms with Crippen LogP contribution < -0.4 is 16.6 Å². The summed E-state index contributed by atoms with van der Waals surface area (Å²) in [6, 6.07) is 13.5. The van der Waals surface area contributed by atoms with Gasteiger partial charge in [0.25, 0.3) is 5.56 Å². The molecule has 0 spiro atoms.